The summed E-state index contributed by atoms with van der Waals surface area (Å²) in [4.78, 5) is 37.8. The van der Waals surface area contributed by atoms with Crippen LogP contribution in [0.25, 0.3) is 0 Å². The maximum Gasteiger partial charge on any atom is 0.306 e. The van der Waals surface area contributed by atoms with Gasteiger partial charge >= 0.3 is 11.9 Å². The Labute approximate surface area is 466 Å². The van der Waals surface area contributed by atoms with Crippen LogP contribution in [0.2, 0.25) is 0 Å². The fraction of sp³-hybridized carbons (Fsp3) is 0.908. The summed E-state index contributed by atoms with van der Waals surface area (Å²) in [6.45, 7) is 4.27. The summed E-state index contributed by atoms with van der Waals surface area (Å²) in [6, 6.07) is 0. The normalized spacial score (nSPS) is 13.3. The zero-order valence-electron chi connectivity index (χ0n) is 50.5. The van der Waals surface area contributed by atoms with Crippen molar-refractivity contribution in [3.05, 3.63) is 24.3 Å². The quantitative estimate of drug-likeness (QED) is 0.0195. The van der Waals surface area contributed by atoms with E-state index in [9.17, 15) is 19.0 Å². The number of phosphoric acid groups is 1. The Morgan fingerprint density at radius 2 is 0.720 bits per heavy atom. The summed E-state index contributed by atoms with van der Waals surface area (Å²) in [6.07, 6.45) is 69.9. The Balaban J connectivity index is 3.83. The van der Waals surface area contributed by atoms with E-state index < -0.39 is 26.5 Å². The van der Waals surface area contributed by atoms with Crippen LogP contribution < -0.4 is 4.89 Å². The lowest BCUT2D eigenvalue weighted by molar-refractivity contribution is -0.870. The molecule has 0 N–H and O–H groups in total. The number of rotatable bonds is 61. The molecule has 0 aromatic heterocycles. The van der Waals surface area contributed by atoms with Crippen LogP contribution in [0, 0.1) is 0 Å². The van der Waals surface area contributed by atoms with E-state index in [0.717, 1.165) is 38.5 Å². The Bertz CT molecular complexity index is 1320. The Morgan fingerprint density at radius 1 is 0.413 bits per heavy atom. The monoisotopic (exact) mass is 1080 g/mol. The number of carbonyl (C=O) groups excluding carboxylic acids is 2. The van der Waals surface area contributed by atoms with E-state index in [-0.39, 0.29) is 32.0 Å². The number of likely N-dealkylation sites (N-methyl/N-ethyl adjacent to an activating group) is 1. The van der Waals surface area contributed by atoms with Gasteiger partial charge in [0.1, 0.15) is 19.8 Å². The zero-order valence-corrected chi connectivity index (χ0v) is 51.4. The van der Waals surface area contributed by atoms with Gasteiger partial charge in [0.15, 0.2) is 6.10 Å². The highest BCUT2D eigenvalue weighted by atomic mass is 31.2. The van der Waals surface area contributed by atoms with E-state index in [1.165, 1.54) is 257 Å². The maximum absolute atomic E-state index is 12.8. The molecule has 0 aliphatic carbocycles. The third-order valence-corrected chi connectivity index (χ3v) is 15.7. The van der Waals surface area contributed by atoms with Crippen molar-refractivity contribution in [2.45, 2.75) is 335 Å². The summed E-state index contributed by atoms with van der Waals surface area (Å²) >= 11 is 0. The molecule has 0 aromatic rings. The number of hydrogen-bond donors (Lipinski definition) is 0. The first-order chi connectivity index (χ1) is 36.5. The third kappa shape index (κ3) is 61.6. The number of esters is 2. The number of allylic oxidation sites excluding steroid dienone is 4. The predicted octanol–water partition coefficient (Wildman–Crippen LogP) is 19.9. The highest BCUT2D eigenvalue weighted by molar-refractivity contribution is 7.45. The first kappa shape index (κ1) is 73.5. The van der Waals surface area contributed by atoms with Crippen LogP contribution in [0.15, 0.2) is 24.3 Å². The lowest BCUT2D eigenvalue weighted by Crippen LogP contribution is -2.37. The average molecular weight is 1080 g/mol. The van der Waals surface area contributed by atoms with Crippen molar-refractivity contribution in [2.75, 3.05) is 47.5 Å². The van der Waals surface area contributed by atoms with Crippen molar-refractivity contribution >= 4 is 19.8 Å². The van der Waals surface area contributed by atoms with Gasteiger partial charge in [-0.05, 0) is 44.9 Å². The van der Waals surface area contributed by atoms with Gasteiger partial charge in [0.2, 0.25) is 0 Å². The molecular weight excluding hydrogens is 954 g/mol. The minimum absolute atomic E-state index is 0.0265. The van der Waals surface area contributed by atoms with E-state index in [2.05, 4.69) is 38.2 Å². The summed E-state index contributed by atoms with van der Waals surface area (Å²) in [5.74, 6) is -0.815. The minimum Gasteiger partial charge on any atom is -0.756 e. The van der Waals surface area contributed by atoms with E-state index in [1.807, 2.05) is 21.1 Å². The van der Waals surface area contributed by atoms with E-state index >= 15 is 0 Å². The van der Waals surface area contributed by atoms with Crippen molar-refractivity contribution in [2.24, 2.45) is 0 Å². The van der Waals surface area contributed by atoms with Crippen LogP contribution in [0.3, 0.4) is 0 Å². The Hall–Kier alpha value is -1.51. The maximum atomic E-state index is 12.8. The van der Waals surface area contributed by atoms with Crippen LogP contribution in [0.5, 0.6) is 0 Å². The molecule has 0 saturated heterocycles. The number of unbranched alkanes of at least 4 members (excludes halogenated alkanes) is 43. The fourth-order valence-electron chi connectivity index (χ4n) is 9.69. The second-order valence-electron chi connectivity index (χ2n) is 23.5. The Morgan fingerprint density at radius 3 is 1.05 bits per heavy atom. The van der Waals surface area contributed by atoms with Crippen molar-refractivity contribution in [3.8, 4) is 0 Å². The summed E-state index contributed by atoms with van der Waals surface area (Å²) in [7, 11) is 1.19. The van der Waals surface area contributed by atoms with E-state index in [0.29, 0.717) is 17.4 Å². The van der Waals surface area contributed by atoms with Gasteiger partial charge < -0.3 is 27.9 Å². The molecule has 9 nitrogen and oxygen atoms in total. The van der Waals surface area contributed by atoms with Crippen molar-refractivity contribution in [1.29, 1.82) is 0 Å². The molecular formula is C65H126NO8P. The molecule has 0 aliphatic heterocycles. The molecule has 0 rings (SSSR count). The van der Waals surface area contributed by atoms with Crippen LogP contribution in [-0.4, -0.2) is 70.0 Å². The van der Waals surface area contributed by atoms with Crippen LogP contribution in [-0.2, 0) is 32.7 Å². The molecule has 0 saturated carbocycles. The first-order valence-electron chi connectivity index (χ1n) is 32.5. The Kier molecular flexibility index (Phi) is 56.0. The average Bonchev–Trinajstić information content (AvgIpc) is 3.37. The van der Waals surface area contributed by atoms with Crippen LogP contribution in [0.4, 0.5) is 0 Å². The molecule has 0 fully saturated rings. The zero-order chi connectivity index (χ0) is 54.9. The molecule has 10 heteroatoms. The van der Waals surface area contributed by atoms with Crippen molar-refractivity contribution in [1.82, 2.24) is 0 Å². The standard InChI is InChI=1S/C65H126NO8P/c1-6-8-10-12-14-16-18-20-21-22-23-24-25-26-27-28-29-30-31-32-33-34-35-36-37-38-39-40-41-42-43-44-45-46-48-50-52-54-56-58-65(68)74-63(62-73-75(69,70)72-60-59-66(3,4)5)61-71-64(67)57-55-53-51-49-47-19-17-15-13-11-9-7-2/h18,20,22-23,63H,6-17,19,21,24-62H2,1-5H3/b20-18-,23-22-. The van der Waals surface area contributed by atoms with E-state index in [4.69, 9.17) is 18.5 Å². The molecule has 0 radical (unpaired) electrons. The summed E-state index contributed by atoms with van der Waals surface area (Å²) in [5.41, 5.74) is 0. The molecule has 444 valence electrons. The van der Waals surface area contributed by atoms with Gasteiger partial charge in [-0.3, -0.25) is 14.2 Å². The van der Waals surface area contributed by atoms with Gasteiger partial charge in [0, 0.05) is 12.8 Å². The molecule has 0 aliphatic rings. The number of quaternary nitrogens is 1. The van der Waals surface area contributed by atoms with E-state index in [1.54, 1.807) is 0 Å². The summed E-state index contributed by atoms with van der Waals surface area (Å²) < 4.78 is 34.1. The summed E-state index contributed by atoms with van der Waals surface area (Å²) in [5, 5.41) is 0. The minimum atomic E-state index is -4.63. The van der Waals surface area contributed by atoms with Crippen LogP contribution in [0.1, 0.15) is 328 Å². The molecule has 2 atom stereocenters. The number of phosphoric ester groups is 1. The highest BCUT2D eigenvalue weighted by Gasteiger charge is 2.22. The largest absolute Gasteiger partial charge is 0.756 e. The van der Waals surface area contributed by atoms with Crippen LogP contribution >= 0.6 is 7.82 Å². The third-order valence-electron chi connectivity index (χ3n) is 14.7. The van der Waals surface area contributed by atoms with Crippen molar-refractivity contribution < 1.29 is 42.1 Å². The van der Waals surface area contributed by atoms with Gasteiger partial charge in [-0.15, -0.1) is 0 Å². The SMILES string of the molecule is CCCCCCC/C=C\C/C=C\CCCCCCCCCCCCCCCCCCCCCCCCCCCCCC(=O)OC(COC(=O)CCCCCCCCCCCCCC)COP(=O)([O-])OCC[N+](C)(C)C. The number of nitrogens with zero attached hydrogens (tertiary/aromatic N) is 1. The topological polar surface area (TPSA) is 111 Å². The molecule has 0 bridgehead atoms. The first-order valence-corrected chi connectivity index (χ1v) is 34.0. The molecule has 75 heavy (non-hydrogen) atoms. The molecule has 0 aromatic carbocycles. The molecule has 2 unspecified atom stereocenters. The van der Waals surface area contributed by atoms with Gasteiger partial charge in [0.05, 0.1) is 27.7 Å². The number of ether oxygens (including phenoxy) is 2. The van der Waals surface area contributed by atoms with Crippen molar-refractivity contribution in [3.63, 3.8) is 0 Å². The lowest BCUT2D eigenvalue weighted by atomic mass is 10.0. The van der Waals surface area contributed by atoms with Gasteiger partial charge in [-0.1, -0.05) is 295 Å². The van der Waals surface area contributed by atoms with Gasteiger partial charge in [-0.25, -0.2) is 0 Å². The molecule has 0 amide bonds. The van der Waals surface area contributed by atoms with Gasteiger partial charge in [0.25, 0.3) is 7.82 Å². The second kappa shape index (κ2) is 57.2. The molecule has 0 spiro atoms. The number of carbonyl (C=O) groups is 2. The second-order valence-corrected chi connectivity index (χ2v) is 24.9. The van der Waals surface area contributed by atoms with Gasteiger partial charge in [-0.2, -0.15) is 0 Å². The fourth-order valence-corrected chi connectivity index (χ4v) is 10.4. The molecule has 0 heterocycles. The highest BCUT2D eigenvalue weighted by Crippen LogP contribution is 2.38. The smallest absolute Gasteiger partial charge is 0.306 e. The lowest BCUT2D eigenvalue weighted by Gasteiger charge is -2.28. The predicted molar refractivity (Wildman–Crippen MR) is 319 cm³/mol. The number of hydrogen-bond acceptors (Lipinski definition) is 8.